The molecule has 7 nitrogen and oxygen atoms in total. The van der Waals surface area contributed by atoms with Crippen molar-refractivity contribution in [1.82, 2.24) is 20.1 Å². The highest BCUT2D eigenvalue weighted by atomic mass is 19.1. The van der Waals surface area contributed by atoms with Crippen LogP contribution in [0.4, 0.5) is 4.39 Å². The number of hydrogen-bond acceptors (Lipinski definition) is 7. The van der Waals surface area contributed by atoms with Gasteiger partial charge in [-0.05, 0) is 55.8 Å². The predicted molar refractivity (Wildman–Crippen MR) is 117 cm³/mol. The van der Waals surface area contributed by atoms with E-state index in [9.17, 15) is 9.50 Å². The molecule has 3 aromatic rings. The number of alkyl halides is 1. The number of aromatic nitrogens is 3. The average Bonchev–Trinajstić information content (AvgIpc) is 3.23. The number of nitrogens with zero attached hydrogens (tertiary/aromatic N) is 4. The lowest BCUT2D eigenvalue weighted by Crippen LogP contribution is -2.54. The molecule has 8 heteroatoms. The molecule has 166 valence electrons. The minimum atomic E-state index is -2.61. The topological polar surface area (TPSA) is 80.6 Å². The van der Waals surface area contributed by atoms with Gasteiger partial charge in [0.1, 0.15) is 11.9 Å². The van der Waals surface area contributed by atoms with Crippen LogP contribution in [0, 0.1) is 5.92 Å². The molecule has 1 saturated heterocycles. The van der Waals surface area contributed by atoms with Crippen molar-refractivity contribution in [2.45, 2.75) is 31.2 Å². The maximum Gasteiger partial charge on any atom is 0.233 e. The number of methoxy groups -OCH3 is 1. The summed E-state index contributed by atoms with van der Waals surface area (Å²) in [5, 5.41) is 18.9. The fourth-order valence-electron chi connectivity index (χ4n) is 4.84. The normalized spacial score (nSPS) is 28.7. The summed E-state index contributed by atoms with van der Waals surface area (Å²) in [6, 6.07) is 11.4. The van der Waals surface area contributed by atoms with E-state index < -0.39 is 24.9 Å². The van der Waals surface area contributed by atoms with E-state index in [-0.39, 0.29) is 23.4 Å². The van der Waals surface area contributed by atoms with Gasteiger partial charge in [-0.3, -0.25) is 4.90 Å². The van der Waals surface area contributed by atoms with E-state index in [1.165, 1.54) is 18.3 Å². The van der Waals surface area contributed by atoms with E-state index in [1.807, 2.05) is 14.0 Å². The van der Waals surface area contributed by atoms with Crippen molar-refractivity contribution in [2.24, 2.45) is 5.92 Å². The van der Waals surface area contributed by atoms with Crippen molar-refractivity contribution in [3.8, 4) is 39.9 Å². The average molecular weight is 440 g/mol. The van der Waals surface area contributed by atoms with Crippen molar-refractivity contribution in [1.29, 1.82) is 0 Å². The van der Waals surface area contributed by atoms with Gasteiger partial charge in [0, 0.05) is 36.4 Å². The Labute approximate surface area is 190 Å². The number of phenols is 1. The molecule has 1 aliphatic carbocycles. The first-order chi connectivity index (χ1) is 16.5. The molecule has 2 fully saturated rings. The van der Waals surface area contributed by atoms with Crippen LogP contribution in [0.2, 0.25) is 0 Å². The molecule has 1 saturated carbocycles. The molecule has 0 unspecified atom stereocenters. The third-order valence-electron chi connectivity index (χ3n) is 6.75. The van der Waals surface area contributed by atoms with Gasteiger partial charge in [-0.25, -0.2) is 9.37 Å². The molecule has 1 aromatic carbocycles. The van der Waals surface area contributed by atoms with Crippen LogP contribution < -0.4 is 9.47 Å². The van der Waals surface area contributed by atoms with Gasteiger partial charge in [-0.15, -0.1) is 10.2 Å². The van der Waals surface area contributed by atoms with Gasteiger partial charge in [-0.1, -0.05) is 6.07 Å². The summed E-state index contributed by atoms with van der Waals surface area (Å²) in [5.41, 5.74) is 1.64. The zero-order valence-electron chi connectivity index (χ0n) is 20.7. The molecule has 0 radical (unpaired) electrons. The summed E-state index contributed by atoms with van der Waals surface area (Å²) >= 11 is 0. The molecule has 0 amide bonds. The highest BCUT2D eigenvalue weighted by Crippen LogP contribution is 2.48. The Kier molecular flexibility index (Phi) is 4.17. The van der Waals surface area contributed by atoms with Crippen LogP contribution in [0.1, 0.15) is 17.5 Å². The Morgan fingerprint density at radius 3 is 2.69 bits per heavy atom. The molecule has 32 heavy (non-hydrogen) atoms. The quantitative estimate of drug-likeness (QED) is 0.649. The number of rotatable bonds is 5. The SMILES string of the molecule is [2H]C([2H])([2H])Oc1cc(-c2ccc(-c3ccc(O[C@@H]4[C@H]5CN(C)[C@](C)(C5)[C@@H]4F)nn3)c(O)c2)ccn1. The lowest BCUT2D eigenvalue weighted by molar-refractivity contribution is -0.0143. The van der Waals surface area contributed by atoms with Crippen LogP contribution in [-0.2, 0) is 0 Å². The van der Waals surface area contributed by atoms with E-state index in [1.54, 1.807) is 30.3 Å². The lowest BCUT2D eigenvalue weighted by atomic mass is 9.97. The second-order valence-electron chi connectivity index (χ2n) is 8.66. The van der Waals surface area contributed by atoms with Crippen molar-refractivity contribution in [3.05, 3.63) is 48.7 Å². The Morgan fingerprint density at radius 2 is 2.00 bits per heavy atom. The van der Waals surface area contributed by atoms with Gasteiger partial charge < -0.3 is 14.6 Å². The van der Waals surface area contributed by atoms with Gasteiger partial charge in [-0.2, -0.15) is 0 Å². The van der Waals surface area contributed by atoms with Gasteiger partial charge >= 0.3 is 0 Å². The molecule has 2 bridgehead atoms. The minimum absolute atomic E-state index is 0.0338. The molecule has 4 atom stereocenters. The number of hydrogen-bond donors (Lipinski definition) is 1. The molecule has 0 spiro atoms. The maximum absolute atomic E-state index is 15.0. The van der Waals surface area contributed by atoms with Gasteiger partial charge in [0.05, 0.1) is 22.4 Å². The number of piperidine rings is 1. The largest absolute Gasteiger partial charge is 0.507 e. The summed E-state index contributed by atoms with van der Waals surface area (Å²) in [7, 11) is -0.670. The van der Waals surface area contributed by atoms with Crippen molar-refractivity contribution >= 4 is 0 Å². The van der Waals surface area contributed by atoms with Crippen molar-refractivity contribution in [2.75, 3.05) is 20.6 Å². The Hall–Kier alpha value is -3.26. The van der Waals surface area contributed by atoms with E-state index in [4.69, 9.17) is 13.6 Å². The van der Waals surface area contributed by atoms with Crippen LogP contribution >= 0.6 is 0 Å². The van der Waals surface area contributed by atoms with Gasteiger partial charge in [0.25, 0.3) is 0 Å². The van der Waals surface area contributed by atoms with E-state index in [0.717, 1.165) is 13.0 Å². The fourth-order valence-corrected chi connectivity index (χ4v) is 4.84. The predicted octanol–water partition coefficient (Wildman–Crippen LogP) is 3.73. The summed E-state index contributed by atoms with van der Waals surface area (Å²) in [4.78, 5) is 5.96. The molecule has 5 rings (SSSR count). The molecule has 1 N–H and O–H groups in total. The van der Waals surface area contributed by atoms with E-state index in [0.29, 0.717) is 22.4 Å². The molecule has 2 aliphatic rings. The number of aromatic hydroxyl groups is 1. The van der Waals surface area contributed by atoms with Crippen LogP contribution in [0.3, 0.4) is 0 Å². The molecular weight excluding hydrogens is 411 g/mol. The van der Waals surface area contributed by atoms with Crippen molar-refractivity contribution in [3.63, 3.8) is 0 Å². The third kappa shape index (κ3) is 3.35. The standard InChI is InChI=1S/C24H25FN4O3/c1-24-12-16(13-29(24)2)22(23(24)25)32-20-7-6-18(27-28-20)17-5-4-14(10-19(17)30)15-8-9-26-21(11-15)31-3/h4-11,16,22-23,30H,12-13H2,1-3H3/t16-,22-,23-,24-/m1/s1/i3D3. The van der Waals surface area contributed by atoms with Crippen LogP contribution in [0.15, 0.2) is 48.7 Å². The zero-order chi connectivity index (χ0) is 25.0. The van der Waals surface area contributed by atoms with Crippen LogP contribution in [-0.4, -0.2) is 63.6 Å². The Bertz CT molecular complexity index is 1240. The second kappa shape index (κ2) is 7.70. The minimum Gasteiger partial charge on any atom is -0.507 e. The van der Waals surface area contributed by atoms with Crippen LogP contribution in [0.5, 0.6) is 17.5 Å². The Morgan fingerprint density at radius 1 is 1.16 bits per heavy atom. The highest BCUT2D eigenvalue weighted by molar-refractivity contribution is 5.74. The number of fused-ring (bicyclic) bond motifs is 2. The number of pyridine rings is 1. The second-order valence-corrected chi connectivity index (χ2v) is 8.66. The number of halogens is 1. The summed E-state index contributed by atoms with van der Waals surface area (Å²) < 4.78 is 47.4. The number of benzene rings is 1. The van der Waals surface area contributed by atoms with Gasteiger partial charge in [0.15, 0.2) is 6.17 Å². The smallest absolute Gasteiger partial charge is 0.233 e. The van der Waals surface area contributed by atoms with E-state index >= 15 is 0 Å². The number of ether oxygens (including phenoxy) is 2. The Balaban J connectivity index is 1.31. The fraction of sp³-hybridized carbons (Fsp3) is 0.375. The van der Waals surface area contributed by atoms with Gasteiger partial charge in [0.2, 0.25) is 11.8 Å². The number of phenolic OH excluding ortho intramolecular Hbond substituents is 1. The summed E-state index contributed by atoms with van der Waals surface area (Å²) in [5.74, 6) is 0.277. The highest BCUT2D eigenvalue weighted by Gasteiger charge is 2.60. The van der Waals surface area contributed by atoms with E-state index in [2.05, 4.69) is 20.1 Å². The lowest BCUT2D eigenvalue weighted by Gasteiger charge is -2.38. The molecular formula is C24H25FN4O3. The zero-order valence-corrected chi connectivity index (χ0v) is 17.7. The number of likely N-dealkylation sites (tertiary alicyclic amines) is 1. The monoisotopic (exact) mass is 439 g/mol. The van der Waals surface area contributed by atoms with Crippen molar-refractivity contribution < 1.29 is 23.1 Å². The molecule has 1 aliphatic heterocycles. The van der Waals surface area contributed by atoms with Crippen LogP contribution in [0.25, 0.3) is 22.4 Å². The maximum atomic E-state index is 15.0. The molecule has 2 aromatic heterocycles. The third-order valence-corrected chi connectivity index (χ3v) is 6.75. The first kappa shape index (κ1) is 17.3. The summed E-state index contributed by atoms with van der Waals surface area (Å²) in [6.07, 6.45) is 0.525. The summed E-state index contributed by atoms with van der Waals surface area (Å²) in [6.45, 7) is 2.71. The first-order valence-electron chi connectivity index (χ1n) is 11.9. The first-order valence-corrected chi connectivity index (χ1v) is 10.4. The molecule has 3 heterocycles.